The zero-order valence-electron chi connectivity index (χ0n) is 4.76. The van der Waals surface area contributed by atoms with E-state index in [4.69, 9.17) is 0 Å². The second-order valence-corrected chi connectivity index (χ2v) is 2.10. The van der Waals surface area contributed by atoms with E-state index in [2.05, 4.69) is 10.5 Å². The Morgan fingerprint density at radius 3 is 3.12 bits per heavy atom. The Hall–Kier alpha value is -0.440. The van der Waals surface area contributed by atoms with Gasteiger partial charge in [0.1, 0.15) is 0 Å². The fourth-order valence-corrected chi connectivity index (χ4v) is 1.00. The number of hydrogen-bond donors (Lipinski definition) is 1. The summed E-state index contributed by atoms with van der Waals surface area (Å²) in [7, 11) is 0. The molecule has 46 valence electrons. The van der Waals surface area contributed by atoms with Gasteiger partial charge in [0.25, 0.3) is 0 Å². The summed E-state index contributed by atoms with van der Waals surface area (Å²) < 4.78 is 0. The van der Waals surface area contributed by atoms with Gasteiger partial charge >= 0.3 is 0 Å². The Kier molecular flexibility index (Phi) is 1.97. The zero-order chi connectivity index (χ0) is 5.82. The molecule has 0 unspecified atom stereocenters. The van der Waals surface area contributed by atoms with Crippen LogP contribution in [0.2, 0.25) is 0 Å². The summed E-state index contributed by atoms with van der Waals surface area (Å²) in [5, 5.41) is 5.97. The third-order valence-corrected chi connectivity index (χ3v) is 1.46. The molecule has 1 aliphatic heterocycles. The van der Waals surface area contributed by atoms with Gasteiger partial charge in [0.15, 0.2) is 0 Å². The molecule has 0 radical (unpaired) electrons. The average molecular weight is 114 g/mol. The topological polar surface area (TPSA) is 41.5 Å². The van der Waals surface area contributed by atoms with Crippen LogP contribution in [-0.2, 0) is 0 Å². The normalized spacial score (nSPS) is 28.2. The fraction of sp³-hybridized carbons (Fsp3) is 1.00. The first-order valence-corrected chi connectivity index (χ1v) is 2.96. The molecule has 3 nitrogen and oxygen atoms in total. The molecule has 1 fully saturated rings. The Morgan fingerprint density at radius 2 is 2.62 bits per heavy atom. The first-order valence-electron chi connectivity index (χ1n) is 2.96. The van der Waals surface area contributed by atoms with Crippen LogP contribution in [0, 0.1) is 4.91 Å². The number of hydrogen-bond acceptors (Lipinski definition) is 3. The summed E-state index contributed by atoms with van der Waals surface area (Å²) in [6, 6.07) is 0.382. The molecule has 1 saturated heterocycles. The van der Waals surface area contributed by atoms with Crippen LogP contribution in [0.25, 0.3) is 0 Å². The number of nitroso groups, excluding NO2 is 1. The van der Waals surface area contributed by atoms with E-state index < -0.39 is 0 Å². The molecule has 1 N–H and O–H groups in total. The molecule has 0 aromatic carbocycles. The lowest BCUT2D eigenvalue weighted by atomic mass is 10.2. The van der Waals surface area contributed by atoms with Crippen LogP contribution in [0.3, 0.4) is 0 Å². The van der Waals surface area contributed by atoms with Gasteiger partial charge in [0.05, 0.1) is 6.54 Å². The summed E-state index contributed by atoms with van der Waals surface area (Å²) in [5.74, 6) is 0. The smallest absolute Gasteiger partial charge is 0.0964 e. The molecule has 1 rings (SSSR count). The van der Waals surface area contributed by atoms with E-state index in [9.17, 15) is 4.91 Å². The van der Waals surface area contributed by atoms with Crippen LogP contribution in [0.5, 0.6) is 0 Å². The molecule has 3 heteroatoms. The first-order chi connectivity index (χ1) is 3.93. The first kappa shape index (κ1) is 5.69. The summed E-state index contributed by atoms with van der Waals surface area (Å²) >= 11 is 0. The molecule has 0 saturated carbocycles. The number of nitrogens with zero attached hydrogens (tertiary/aromatic N) is 1. The van der Waals surface area contributed by atoms with Gasteiger partial charge < -0.3 is 5.32 Å². The SMILES string of the molecule is O=NC[C@@H]1CCCN1. The molecule has 0 spiro atoms. The minimum Gasteiger partial charge on any atom is -0.312 e. The van der Waals surface area contributed by atoms with Gasteiger partial charge in [-0.25, -0.2) is 0 Å². The minimum atomic E-state index is 0.382. The average Bonchev–Trinajstić information content (AvgIpc) is 2.19. The number of nitrogens with one attached hydrogen (secondary N) is 1. The highest BCUT2D eigenvalue weighted by Crippen LogP contribution is 2.03. The van der Waals surface area contributed by atoms with Gasteiger partial charge in [0, 0.05) is 6.04 Å². The van der Waals surface area contributed by atoms with E-state index in [0.717, 1.165) is 13.0 Å². The predicted octanol–water partition coefficient (Wildman–Crippen LogP) is 0.505. The van der Waals surface area contributed by atoms with Crippen LogP contribution < -0.4 is 5.32 Å². The van der Waals surface area contributed by atoms with Gasteiger partial charge in [-0.2, -0.15) is 4.91 Å². The standard InChI is InChI=1S/C5H10N2O/c8-7-4-5-2-1-3-6-5/h5-6H,1-4H2/t5-/m0/s1. The lowest BCUT2D eigenvalue weighted by molar-refractivity contribution is 0.616. The van der Waals surface area contributed by atoms with E-state index in [-0.39, 0.29) is 0 Å². The van der Waals surface area contributed by atoms with E-state index in [0.29, 0.717) is 12.6 Å². The van der Waals surface area contributed by atoms with Crippen LogP contribution in [0.15, 0.2) is 5.18 Å². The van der Waals surface area contributed by atoms with Crippen LogP contribution in [0.4, 0.5) is 0 Å². The largest absolute Gasteiger partial charge is 0.312 e. The summed E-state index contributed by atoms with van der Waals surface area (Å²) in [6.45, 7) is 1.50. The van der Waals surface area contributed by atoms with Gasteiger partial charge in [0.2, 0.25) is 0 Å². The molecular formula is C5H10N2O. The maximum atomic E-state index is 9.67. The minimum absolute atomic E-state index is 0.382. The lowest BCUT2D eigenvalue weighted by Gasteiger charge is -2.00. The Labute approximate surface area is 48.4 Å². The van der Waals surface area contributed by atoms with E-state index in [1.165, 1.54) is 6.42 Å². The number of rotatable bonds is 2. The van der Waals surface area contributed by atoms with Crippen molar-refractivity contribution in [3.8, 4) is 0 Å². The molecule has 1 atom stereocenters. The molecule has 0 aliphatic carbocycles. The zero-order valence-corrected chi connectivity index (χ0v) is 4.76. The highest BCUT2D eigenvalue weighted by Gasteiger charge is 2.12. The van der Waals surface area contributed by atoms with Crippen molar-refractivity contribution in [2.24, 2.45) is 5.18 Å². The molecule has 1 heterocycles. The fourth-order valence-electron chi connectivity index (χ4n) is 1.00. The molecule has 0 aromatic heterocycles. The van der Waals surface area contributed by atoms with Crippen molar-refractivity contribution in [2.75, 3.05) is 13.1 Å². The van der Waals surface area contributed by atoms with Crippen LogP contribution >= 0.6 is 0 Å². The summed E-state index contributed by atoms with van der Waals surface area (Å²) in [6.07, 6.45) is 2.31. The van der Waals surface area contributed by atoms with Crippen molar-refractivity contribution in [1.29, 1.82) is 0 Å². The second kappa shape index (κ2) is 2.77. The molecule has 1 aliphatic rings. The third kappa shape index (κ3) is 1.26. The third-order valence-electron chi connectivity index (χ3n) is 1.46. The van der Waals surface area contributed by atoms with Gasteiger partial charge in [-0.3, -0.25) is 0 Å². The molecule has 0 amide bonds. The van der Waals surface area contributed by atoms with Crippen molar-refractivity contribution in [2.45, 2.75) is 18.9 Å². The van der Waals surface area contributed by atoms with Crippen LogP contribution in [-0.4, -0.2) is 19.1 Å². The molecule has 0 bridgehead atoms. The molecular weight excluding hydrogens is 104 g/mol. The van der Waals surface area contributed by atoms with Crippen LogP contribution in [0.1, 0.15) is 12.8 Å². The van der Waals surface area contributed by atoms with E-state index in [1.54, 1.807) is 0 Å². The van der Waals surface area contributed by atoms with Crippen molar-refractivity contribution in [1.82, 2.24) is 5.32 Å². The van der Waals surface area contributed by atoms with Gasteiger partial charge in [-0.1, -0.05) is 5.18 Å². The monoisotopic (exact) mass is 114 g/mol. The second-order valence-electron chi connectivity index (χ2n) is 2.10. The van der Waals surface area contributed by atoms with Gasteiger partial charge in [-0.05, 0) is 19.4 Å². The predicted molar refractivity (Wildman–Crippen MR) is 31.7 cm³/mol. The highest BCUT2D eigenvalue weighted by atomic mass is 16.3. The van der Waals surface area contributed by atoms with Crippen molar-refractivity contribution < 1.29 is 0 Å². The summed E-state index contributed by atoms with van der Waals surface area (Å²) in [4.78, 5) is 9.67. The highest BCUT2D eigenvalue weighted by molar-refractivity contribution is 4.75. The van der Waals surface area contributed by atoms with Crippen molar-refractivity contribution in [3.63, 3.8) is 0 Å². The summed E-state index contributed by atoms with van der Waals surface area (Å²) in [5.41, 5.74) is 0. The van der Waals surface area contributed by atoms with Gasteiger partial charge in [-0.15, -0.1) is 0 Å². The maximum absolute atomic E-state index is 9.67. The Bertz CT molecular complexity index is 78.5. The molecule has 0 aromatic rings. The van der Waals surface area contributed by atoms with E-state index >= 15 is 0 Å². The lowest BCUT2D eigenvalue weighted by Crippen LogP contribution is -2.23. The Morgan fingerprint density at radius 1 is 1.75 bits per heavy atom. The van der Waals surface area contributed by atoms with Crippen molar-refractivity contribution >= 4 is 0 Å². The maximum Gasteiger partial charge on any atom is 0.0964 e. The molecule has 8 heavy (non-hydrogen) atoms. The quantitative estimate of drug-likeness (QED) is 0.531. The Balaban J connectivity index is 2.14. The van der Waals surface area contributed by atoms with E-state index in [1.807, 2.05) is 0 Å². The van der Waals surface area contributed by atoms with Crippen molar-refractivity contribution in [3.05, 3.63) is 4.91 Å².